The zero-order valence-electron chi connectivity index (χ0n) is 11.1. The molecule has 1 fully saturated rings. The van der Waals surface area contributed by atoms with Crippen molar-refractivity contribution in [1.82, 2.24) is 0 Å². The van der Waals surface area contributed by atoms with E-state index in [1.54, 1.807) is 7.11 Å². The first-order valence-electron chi connectivity index (χ1n) is 6.67. The maximum atomic E-state index is 11.5. The molecular formula is C15H21NO2. The van der Waals surface area contributed by atoms with Crippen molar-refractivity contribution in [3.05, 3.63) is 29.8 Å². The summed E-state index contributed by atoms with van der Waals surface area (Å²) in [5, 5.41) is 3.49. The van der Waals surface area contributed by atoms with Crippen molar-refractivity contribution >= 4 is 11.5 Å². The molecule has 1 saturated carbocycles. The van der Waals surface area contributed by atoms with Gasteiger partial charge in [-0.3, -0.25) is 4.79 Å². The monoisotopic (exact) mass is 247 g/mol. The van der Waals surface area contributed by atoms with E-state index in [4.69, 9.17) is 4.74 Å². The molecule has 98 valence electrons. The highest BCUT2D eigenvalue weighted by atomic mass is 16.5. The fourth-order valence-corrected chi connectivity index (χ4v) is 2.54. The third kappa shape index (κ3) is 2.91. The largest absolute Gasteiger partial charge is 0.380 e. The second-order valence-electron chi connectivity index (χ2n) is 4.81. The van der Waals surface area contributed by atoms with Crippen LogP contribution in [0.4, 0.5) is 5.69 Å². The topological polar surface area (TPSA) is 38.3 Å². The van der Waals surface area contributed by atoms with Crippen molar-refractivity contribution in [3.63, 3.8) is 0 Å². The van der Waals surface area contributed by atoms with E-state index in [0.29, 0.717) is 18.6 Å². The normalized spacial score (nSPS) is 23.0. The molecule has 3 heteroatoms. The minimum Gasteiger partial charge on any atom is -0.380 e. The fraction of sp³-hybridized carbons (Fsp3) is 0.533. The third-order valence-electron chi connectivity index (χ3n) is 3.64. The lowest BCUT2D eigenvalue weighted by atomic mass is 10.1. The SMILES string of the molecule is CCC(=O)c1ccc(NC2CCCC2OC)cc1. The Hall–Kier alpha value is -1.35. The summed E-state index contributed by atoms with van der Waals surface area (Å²) in [6.07, 6.45) is 4.35. The Labute approximate surface area is 109 Å². The number of hydrogen-bond donors (Lipinski definition) is 1. The van der Waals surface area contributed by atoms with E-state index < -0.39 is 0 Å². The number of ether oxygens (including phenoxy) is 1. The summed E-state index contributed by atoms with van der Waals surface area (Å²) in [7, 11) is 1.77. The maximum absolute atomic E-state index is 11.5. The maximum Gasteiger partial charge on any atom is 0.162 e. The average Bonchev–Trinajstić information content (AvgIpc) is 2.86. The lowest BCUT2D eigenvalue weighted by molar-refractivity contribution is 0.0987. The Balaban J connectivity index is 2.00. The minimum atomic E-state index is 0.192. The van der Waals surface area contributed by atoms with Crippen LogP contribution in [0, 0.1) is 0 Å². The Bertz CT molecular complexity index is 399. The molecule has 0 radical (unpaired) electrons. The van der Waals surface area contributed by atoms with E-state index >= 15 is 0 Å². The van der Waals surface area contributed by atoms with Crippen molar-refractivity contribution in [1.29, 1.82) is 0 Å². The van der Waals surface area contributed by atoms with Crippen LogP contribution in [-0.2, 0) is 4.74 Å². The van der Waals surface area contributed by atoms with Gasteiger partial charge in [0, 0.05) is 24.8 Å². The number of carbonyl (C=O) groups excluding carboxylic acids is 1. The summed E-state index contributed by atoms with van der Waals surface area (Å²) in [6.45, 7) is 1.89. The molecule has 0 heterocycles. The number of ketones is 1. The summed E-state index contributed by atoms with van der Waals surface area (Å²) in [5.41, 5.74) is 1.86. The standard InChI is InChI=1S/C15H21NO2/c1-3-14(17)11-7-9-12(10-8-11)16-13-5-4-6-15(13)18-2/h7-10,13,15-16H,3-6H2,1-2H3. The number of anilines is 1. The predicted molar refractivity (Wildman–Crippen MR) is 73.1 cm³/mol. The molecule has 1 aliphatic rings. The van der Waals surface area contributed by atoms with Crippen molar-refractivity contribution in [2.24, 2.45) is 0 Å². The number of hydrogen-bond acceptors (Lipinski definition) is 3. The molecule has 0 aliphatic heterocycles. The van der Waals surface area contributed by atoms with Gasteiger partial charge >= 0.3 is 0 Å². The van der Waals surface area contributed by atoms with Crippen LogP contribution in [0.25, 0.3) is 0 Å². The minimum absolute atomic E-state index is 0.192. The van der Waals surface area contributed by atoms with Crippen LogP contribution in [0.1, 0.15) is 43.0 Å². The van der Waals surface area contributed by atoms with Crippen LogP contribution < -0.4 is 5.32 Å². The first kappa shape index (κ1) is 13.1. The molecule has 1 N–H and O–H groups in total. The van der Waals surface area contributed by atoms with Crippen LogP contribution in [0.2, 0.25) is 0 Å². The van der Waals surface area contributed by atoms with Crippen LogP contribution in [0.3, 0.4) is 0 Å². The van der Waals surface area contributed by atoms with Gasteiger partial charge in [-0.25, -0.2) is 0 Å². The van der Waals surface area contributed by atoms with Crippen LogP contribution in [0.15, 0.2) is 24.3 Å². The molecule has 3 nitrogen and oxygen atoms in total. The van der Waals surface area contributed by atoms with E-state index in [2.05, 4.69) is 5.32 Å². The third-order valence-corrected chi connectivity index (χ3v) is 3.64. The van der Waals surface area contributed by atoms with Gasteiger partial charge in [-0.2, -0.15) is 0 Å². The van der Waals surface area contributed by atoms with Gasteiger partial charge < -0.3 is 10.1 Å². The van der Waals surface area contributed by atoms with Gasteiger partial charge in [-0.15, -0.1) is 0 Å². The van der Waals surface area contributed by atoms with Gasteiger partial charge in [0.15, 0.2) is 5.78 Å². The summed E-state index contributed by atoms with van der Waals surface area (Å²) in [4.78, 5) is 11.5. The molecule has 1 aromatic rings. The van der Waals surface area contributed by atoms with E-state index in [-0.39, 0.29) is 5.78 Å². The molecule has 18 heavy (non-hydrogen) atoms. The van der Waals surface area contributed by atoms with Crippen molar-refractivity contribution in [2.45, 2.75) is 44.8 Å². The van der Waals surface area contributed by atoms with E-state index in [1.807, 2.05) is 31.2 Å². The van der Waals surface area contributed by atoms with Gasteiger partial charge in [-0.1, -0.05) is 6.92 Å². The first-order chi connectivity index (χ1) is 8.74. The summed E-state index contributed by atoms with van der Waals surface area (Å²) < 4.78 is 5.46. The van der Waals surface area contributed by atoms with E-state index in [1.165, 1.54) is 6.42 Å². The molecule has 1 aliphatic carbocycles. The van der Waals surface area contributed by atoms with Crippen LogP contribution in [-0.4, -0.2) is 25.0 Å². The molecule has 2 rings (SSSR count). The molecule has 2 atom stereocenters. The van der Waals surface area contributed by atoms with Crippen molar-refractivity contribution in [3.8, 4) is 0 Å². The smallest absolute Gasteiger partial charge is 0.162 e. The van der Waals surface area contributed by atoms with Gasteiger partial charge in [0.25, 0.3) is 0 Å². The van der Waals surface area contributed by atoms with E-state index in [9.17, 15) is 4.79 Å². The molecule has 2 unspecified atom stereocenters. The molecule has 0 saturated heterocycles. The van der Waals surface area contributed by atoms with E-state index in [0.717, 1.165) is 24.1 Å². The number of methoxy groups -OCH3 is 1. The van der Waals surface area contributed by atoms with Crippen LogP contribution in [0.5, 0.6) is 0 Å². The number of nitrogens with one attached hydrogen (secondary N) is 1. The van der Waals surface area contributed by atoms with Crippen LogP contribution >= 0.6 is 0 Å². The Morgan fingerprint density at radius 1 is 1.33 bits per heavy atom. The highest BCUT2D eigenvalue weighted by Crippen LogP contribution is 2.25. The quantitative estimate of drug-likeness (QED) is 0.812. The average molecular weight is 247 g/mol. The fourth-order valence-electron chi connectivity index (χ4n) is 2.54. The molecular weight excluding hydrogens is 226 g/mol. The number of carbonyl (C=O) groups is 1. The Morgan fingerprint density at radius 3 is 2.67 bits per heavy atom. The first-order valence-corrected chi connectivity index (χ1v) is 6.67. The molecule has 0 aromatic heterocycles. The zero-order chi connectivity index (χ0) is 13.0. The lowest BCUT2D eigenvalue weighted by Crippen LogP contribution is -2.29. The number of Topliss-reactive ketones (excluding diaryl/α,β-unsaturated/α-hetero) is 1. The molecule has 0 spiro atoms. The number of benzene rings is 1. The van der Waals surface area contributed by atoms with Gasteiger partial charge in [0.05, 0.1) is 12.1 Å². The van der Waals surface area contributed by atoms with Gasteiger partial charge in [0.2, 0.25) is 0 Å². The van der Waals surface area contributed by atoms with Crippen molar-refractivity contribution in [2.75, 3.05) is 12.4 Å². The molecule has 0 amide bonds. The molecule has 0 bridgehead atoms. The second kappa shape index (κ2) is 6.01. The van der Waals surface area contributed by atoms with Crippen molar-refractivity contribution < 1.29 is 9.53 Å². The summed E-state index contributed by atoms with van der Waals surface area (Å²) in [5.74, 6) is 0.192. The highest BCUT2D eigenvalue weighted by molar-refractivity contribution is 5.96. The summed E-state index contributed by atoms with van der Waals surface area (Å²) in [6, 6.07) is 8.14. The predicted octanol–water partition coefficient (Wildman–Crippen LogP) is 3.26. The van der Waals surface area contributed by atoms with Gasteiger partial charge in [-0.05, 0) is 43.5 Å². The highest BCUT2D eigenvalue weighted by Gasteiger charge is 2.26. The Morgan fingerprint density at radius 2 is 2.06 bits per heavy atom. The zero-order valence-corrected chi connectivity index (χ0v) is 11.1. The molecule has 1 aromatic carbocycles. The summed E-state index contributed by atoms with van der Waals surface area (Å²) >= 11 is 0. The second-order valence-corrected chi connectivity index (χ2v) is 4.81. The lowest BCUT2D eigenvalue weighted by Gasteiger charge is -2.20. The van der Waals surface area contributed by atoms with Gasteiger partial charge in [0.1, 0.15) is 0 Å². The number of rotatable bonds is 5. The Kier molecular flexibility index (Phi) is 4.37.